The van der Waals surface area contributed by atoms with E-state index in [1.165, 1.54) is 17.4 Å². The van der Waals surface area contributed by atoms with Gasteiger partial charge < -0.3 is 24.4 Å². The number of carboxylic acid groups (broad SMARTS) is 1. The Balaban J connectivity index is 1.56. The molecule has 0 unspecified atom stereocenters. The van der Waals surface area contributed by atoms with Crippen molar-refractivity contribution in [2.24, 2.45) is 0 Å². The first-order chi connectivity index (χ1) is 17.3. The zero-order valence-corrected chi connectivity index (χ0v) is 21.5. The summed E-state index contributed by atoms with van der Waals surface area (Å²) in [6, 6.07) is 10.4. The SMILES string of the molecule is CC(C)N(C(=O)c1cc2nc(C(=O)O)ccc2n1Cc1cc(-c2ccc(Cl)s2)on1)C1CCNCC1. The molecule has 1 fully saturated rings. The molecular formula is C25H26ClN5O4S. The number of carboxylic acids is 1. The van der Waals surface area contributed by atoms with Crippen LogP contribution >= 0.6 is 22.9 Å². The highest BCUT2D eigenvalue weighted by Crippen LogP contribution is 2.32. The minimum absolute atomic E-state index is 0.00293. The van der Waals surface area contributed by atoms with Crippen LogP contribution in [0.2, 0.25) is 4.34 Å². The number of aromatic nitrogens is 3. The molecule has 0 atom stereocenters. The Morgan fingerprint density at radius 3 is 2.69 bits per heavy atom. The van der Waals surface area contributed by atoms with Crippen LogP contribution in [0.4, 0.5) is 0 Å². The van der Waals surface area contributed by atoms with Crippen LogP contribution in [0.3, 0.4) is 0 Å². The van der Waals surface area contributed by atoms with Gasteiger partial charge in [0.15, 0.2) is 5.76 Å². The van der Waals surface area contributed by atoms with Gasteiger partial charge in [-0.1, -0.05) is 16.8 Å². The standard InChI is InChI=1S/C25H26ClN5O4S/c1-14(2)31(16-7-9-27-10-8-16)24(32)20-12-18-19(4-3-17(28-18)25(33)34)30(20)13-15-11-21(35-29-15)22-5-6-23(26)36-22/h3-6,11-12,14,16,27H,7-10,13H2,1-2H3,(H,33,34). The van der Waals surface area contributed by atoms with Crippen LogP contribution in [0.1, 0.15) is 53.4 Å². The third-order valence-electron chi connectivity index (χ3n) is 6.38. The van der Waals surface area contributed by atoms with E-state index >= 15 is 0 Å². The molecule has 11 heteroatoms. The predicted octanol–water partition coefficient (Wildman–Crippen LogP) is 4.76. The molecule has 0 radical (unpaired) electrons. The molecule has 4 aromatic rings. The molecule has 188 valence electrons. The van der Waals surface area contributed by atoms with Crippen molar-refractivity contribution in [2.75, 3.05) is 13.1 Å². The number of aromatic carboxylic acids is 1. The minimum atomic E-state index is -1.12. The lowest BCUT2D eigenvalue weighted by Crippen LogP contribution is -2.49. The molecule has 9 nitrogen and oxygen atoms in total. The van der Waals surface area contributed by atoms with Crippen LogP contribution in [0.25, 0.3) is 21.7 Å². The number of piperidine rings is 1. The molecule has 0 bridgehead atoms. The molecule has 1 amide bonds. The predicted molar refractivity (Wildman–Crippen MR) is 138 cm³/mol. The number of hydrogen-bond acceptors (Lipinski definition) is 7. The lowest BCUT2D eigenvalue weighted by atomic mass is 10.0. The summed E-state index contributed by atoms with van der Waals surface area (Å²) in [6.45, 7) is 6.03. The smallest absolute Gasteiger partial charge is 0.354 e. The molecule has 2 N–H and O–H groups in total. The quantitative estimate of drug-likeness (QED) is 0.356. The number of carbonyl (C=O) groups excluding carboxylic acids is 1. The van der Waals surface area contributed by atoms with Crippen LogP contribution in [-0.4, -0.2) is 61.8 Å². The Labute approximate surface area is 216 Å². The molecule has 36 heavy (non-hydrogen) atoms. The van der Waals surface area contributed by atoms with Gasteiger partial charge >= 0.3 is 5.97 Å². The van der Waals surface area contributed by atoms with Gasteiger partial charge in [-0.3, -0.25) is 4.79 Å². The summed E-state index contributed by atoms with van der Waals surface area (Å²) in [5.41, 5.74) is 2.09. The Kier molecular flexibility index (Phi) is 6.83. The fourth-order valence-corrected chi connectivity index (χ4v) is 5.75. The van der Waals surface area contributed by atoms with Crippen molar-refractivity contribution in [2.45, 2.75) is 45.3 Å². The Morgan fingerprint density at radius 1 is 1.25 bits per heavy atom. The number of carbonyl (C=O) groups is 2. The third-order valence-corrected chi connectivity index (χ3v) is 7.63. The van der Waals surface area contributed by atoms with Gasteiger partial charge in [0.2, 0.25) is 0 Å². The molecule has 1 saturated heterocycles. The van der Waals surface area contributed by atoms with Crippen LogP contribution in [0.5, 0.6) is 0 Å². The van der Waals surface area contributed by atoms with Gasteiger partial charge in [0.05, 0.1) is 26.8 Å². The highest BCUT2D eigenvalue weighted by molar-refractivity contribution is 7.19. The summed E-state index contributed by atoms with van der Waals surface area (Å²) in [5.74, 6) is -0.636. The summed E-state index contributed by atoms with van der Waals surface area (Å²) >= 11 is 7.46. The average molecular weight is 528 g/mol. The lowest BCUT2D eigenvalue weighted by molar-refractivity contribution is 0.0554. The second-order valence-corrected chi connectivity index (χ2v) is 10.8. The van der Waals surface area contributed by atoms with E-state index in [0.717, 1.165) is 30.8 Å². The summed E-state index contributed by atoms with van der Waals surface area (Å²) in [7, 11) is 0. The van der Waals surface area contributed by atoms with Crippen molar-refractivity contribution in [3.8, 4) is 10.6 Å². The van der Waals surface area contributed by atoms with E-state index in [2.05, 4.69) is 15.5 Å². The van der Waals surface area contributed by atoms with Crippen LogP contribution in [0, 0.1) is 0 Å². The first-order valence-corrected chi connectivity index (χ1v) is 13.0. The van der Waals surface area contributed by atoms with E-state index in [9.17, 15) is 14.7 Å². The Hall–Kier alpha value is -3.21. The molecule has 5 heterocycles. The van der Waals surface area contributed by atoms with E-state index < -0.39 is 5.97 Å². The van der Waals surface area contributed by atoms with Crippen molar-refractivity contribution in [3.63, 3.8) is 0 Å². The van der Waals surface area contributed by atoms with Gasteiger partial charge in [-0.05, 0) is 70.1 Å². The minimum Gasteiger partial charge on any atom is -0.477 e. The molecular weight excluding hydrogens is 502 g/mol. The highest BCUT2D eigenvalue weighted by Gasteiger charge is 2.31. The number of fused-ring (bicyclic) bond motifs is 1. The van der Waals surface area contributed by atoms with E-state index in [4.69, 9.17) is 16.1 Å². The number of hydrogen-bond donors (Lipinski definition) is 2. The molecule has 1 aliphatic rings. The number of nitrogens with zero attached hydrogens (tertiary/aromatic N) is 4. The van der Waals surface area contributed by atoms with Crippen molar-refractivity contribution < 1.29 is 19.2 Å². The van der Waals surface area contributed by atoms with E-state index in [-0.39, 0.29) is 30.2 Å². The second kappa shape index (κ2) is 10.0. The topological polar surface area (TPSA) is 113 Å². The van der Waals surface area contributed by atoms with E-state index in [1.54, 1.807) is 18.2 Å². The molecule has 4 aromatic heterocycles. The molecule has 1 aliphatic heterocycles. The van der Waals surface area contributed by atoms with Gasteiger partial charge in [-0.15, -0.1) is 11.3 Å². The summed E-state index contributed by atoms with van der Waals surface area (Å²) in [5, 5.41) is 17.0. The van der Waals surface area contributed by atoms with Crippen LogP contribution in [0.15, 0.2) is 40.9 Å². The molecule has 0 spiro atoms. The van der Waals surface area contributed by atoms with Crippen molar-refractivity contribution in [1.29, 1.82) is 0 Å². The maximum absolute atomic E-state index is 14.0. The number of nitrogens with one attached hydrogen (secondary N) is 1. The zero-order valence-electron chi connectivity index (χ0n) is 19.9. The number of halogens is 1. The summed E-state index contributed by atoms with van der Waals surface area (Å²) < 4.78 is 8.04. The maximum atomic E-state index is 14.0. The van der Waals surface area contributed by atoms with Gasteiger partial charge in [-0.2, -0.15) is 0 Å². The first kappa shape index (κ1) is 24.5. The number of pyridine rings is 1. The van der Waals surface area contributed by atoms with Crippen LogP contribution in [-0.2, 0) is 6.54 Å². The van der Waals surface area contributed by atoms with Crippen molar-refractivity contribution in [3.05, 3.63) is 57.8 Å². The third kappa shape index (κ3) is 4.76. The normalized spacial score (nSPS) is 14.6. The van der Waals surface area contributed by atoms with Gasteiger partial charge in [-0.25, -0.2) is 9.78 Å². The molecule has 0 saturated carbocycles. The van der Waals surface area contributed by atoms with E-state index in [1.807, 2.05) is 35.4 Å². The first-order valence-electron chi connectivity index (χ1n) is 11.8. The van der Waals surface area contributed by atoms with Gasteiger partial charge in [0.1, 0.15) is 17.1 Å². The zero-order chi connectivity index (χ0) is 25.4. The number of thiophene rings is 1. The van der Waals surface area contributed by atoms with E-state index in [0.29, 0.717) is 32.5 Å². The second-order valence-electron chi connectivity index (χ2n) is 9.10. The van der Waals surface area contributed by atoms with Gasteiger partial charge in [0, 0.05) is 18.2 Å². The molecule has 5 rings (SSSR count). The average Bonchev–Trinajstić information content (AvgIpc) is 3.58. The van der Waals surface area contributed by atoms with Crippen molar-refractivity contribution >= 4 is 45.8 Å². The van der Waals surface area contributed by atoms with Crippen LogP contribution < -0.4 is 5.32 Å². The monoisotopic (exact) mass is 527 g/mol. The fraction of sp³-hybridized carbons (Fsp3) is 0.360. The largest absolute Gasteiger partial charge is 0.477 e. The summed E-state index contributed by atoms with van der Waals surface area (Å²) in [4.78, 5) is 32.6. The Morgan fingerprint density at radius 2 is 2.03 bits per heavy atom. The summed E-state index contributed by atoms with van der Waals surface area (Å²) in [6.07, 6.45) is 1.75. The number of rotatable bonds is 7. The van der Waals surface area contributed by atoms with Gasteiger partial charge in [0.25, 0.3) is 5.91 Å². The Bertz CT molecular complexity index is 1420. The molecule has 0 aliphatic carbocycles. The fourth-order valence-electron chi connectivity index (χ4n) is 4.76. The molecule has 0 aromatic carbocycles. The van der Waals surface area contributed by atoms with Crippen molar-refractivity contribution in [1.82, 2.24) is 24.9 Å². The highest BCUT2D eigenvalue weighted by atomic mass is 35.5. The maximum Gasteiger partial charge on any atom is 0.354 e. The lowest BCUT2D eigenvalue weighted by Gasteiger charge is -2.37. The number of amides is 1.